The van der Waals surface area contributed by atoms with Crippen LogP contribution in [-0.2, 0) is 11.3 Å². The molecule has 2 N–H and O–H groups in total. The average molecular weight is 286 g/mol. The van der Waals surface area contributed by atoms with Crippen LogP contribution in [0.5, 0.6) is 0 Å². The molecule has 0 spiro atoms. The van der Waals surface area contributed by atoms with Crippen molar-refractivity contribution < 1.29 is 4.79 Å². The molecular weight excluding hydrogens is 264 g/mol. The highest BCUT2D eigenvalue weighted by Gasteiger charge is 2.29. The maximum atomic E-state index is 12.2. The molecule has 2 heterocycles. The zero-order chi connectivity index (χ0) is 14.8. The number of amides is 1. The Bertz CT molecular complexity index is 649. The third-order valence-electron chi connectivity index (χ3n) is 4.33. The predicted octanol–water partition coefficient (Wildman–Crippen LogP) is 1.32. The molecule has 2 aromatic rings. The van der Waals surface area contributed by atoms with Crippen LogP contribution in [0.4, 0.5) is 0 Å². The molecule has 112 valence electrons. The standard InChI is InChI=1S/C16H22N4O/c1-11-9-17-10-13(11)16(21)18-7-8-20-12(2)19-14-5-3-4-6-15(14)20/h3-6,11,13,17H,7-10H2,1-2H3,(H,18,21)/t11-,13-/m1/s1. The monoisotopic (exact) mass is 286 g/mol. The lowest BCUT2D eigenvalue weighted by Crippen LogP contribution is -2.36. The van der Waals surface area contributed by atoms with Crippen LogP contribution >= 0.6 is 0 Å². The van der Waals surface area contributed by atoms with Crippen LogP contribution in [0.2, 0.25) is 0 Å². The molecule has 21 heavy (non-hydrogen) atoms. The number of fused-ring (bicyclic) bond motifs is 1. The first-order valence-corrected chi connectivity index (χ1v) is 7.57. The lowest BCUT2D eigenvalue weighted by molar-refractivity contribution is -0.125. The predicted molar refractivity (Wildman–Crippen MR) is 83.0 cm³/mol. The van der Waals surface area contributed by atoms with Gasteiger partial charge in [-0.25, -0.2) is 4.98 Å². The Labute approximate surface area is 124 Å². The van der Waals surface area contributed by atoms with E-state index in [1.807, 2.05) is 25.1 Å². The molecule has 1 fully saturated rings. The van der Waals surface area contributed by atoms with Gasteiger partial charge >= 0.3 is 0 Å². The van der Waals surface area contributed by atoms with Crippen LogP contribution in [0.1, 0.15) is 12.7 Å². The second-order valence-corrected chi connectivity index (χ2v) is 5.83. The highest BCUT2D eigenvalue weighted by Crippen LogP contribution is 2.16. The van der Waals surface area contributed by atoms with Crippen LogP contribution < -0.4 is 10.6 Å². The van der Waals surface area contributed by atoms with Crippen molar-refractivity contribution >= 4 is 16.9 Å². The Hall–Kier alpha value is -1.88. The fourth-order valence-electron chi connectivity index (χ4n) is 3.06. The fraction of sp³-hybridized carbons (Fsp3) is 0.500. The Morgan fingerprint density at radius 3 is 3.00 bits per heavy atom. The molecule has 1 aliphatic rings. The van der Waals surface area contributed by atoms with Crippen LogP contribution in [0, 0.1) is 18.8 Å². The summed E-state index contributed by atoms with van der Waals surface area (Å²) >= 11 is 0. The van der Waals surface area contributed by atoms with E-state index in [-0.39, 0.29) is 11.8 Å². The van der Waals surface area contributed by atoms with Gasteiger partial charge in [0.25, 0.3) is 0 Å². The molecular formula is C16H22N4O. The maximum Gasteiger partial charge on any atom is 0.224 e. The number of imidazole rings is 1. The Kier molecular flexibility index (Phi) is 3.92. The van der Waals surface area contributed by atoms with Gasteiger partial charge in [0, 0.05) is 19.6 Å². The van der Waals surface area contributed by atoms with Crippen molar-refractivity contribution in [1.82, 2.24) is 20.2 Å². The van der Waals surface area contributed by atoms with E-state index in [4.69, 9.17) is 0 Å². The summed E-state index contributed by atoms with van der Waals surface area (Å²) in [4.78, 5) is 16.7. The average Bonchev–Trinajstić information content (AvgIpc) is 3.03. The molecule has 0 radical (unpaired) electrons. The summed E-state index contributed by atoms with van der Waals surface area (Å²) < 4.78 is 2.16. The number of nitrogens with zero attached hydrogens (tertiary/aromatic N) is 2. The van der Waals surface area contributed by atoms with Gasteiger partial charge in [-0.3, -0.25) is 4.79 Å². The van der Waals surface area contributed by atoms with Gasteiger partial charge in [-0.2, -0.15) is 0 Å². The van der Waals surface area contributed by atoms with Crippen LogP contribution in [0.15, 0.2) is 24.3 Å². The SMILES string of the molecule is Cc1nc2ccccc2n1CCNC(=O)[C@@H]1CNC[C@H]1C. The van der Waals surface area contributed by atoms with E-state index in [0.717, 1.165) is 36.5 Å². The molecule has 0 saturated carbocycles. The third-order valence-corrected chi connectivity index (χ3v) is 4.33. The number of rotatable bonds is 4. The molecule has 2 atom stereocenters. The van der Waals surface area contributed by atoms with Crippen molar-refractivity contribution in [2.75, 3.05) is 19.6 Å². The zero-order valence-electron chi connectivity index (χ0n) is 12.6. The summed E-state index contributed by atoms with van der Waals surface area (Å²) in [6, 6.07) is 8.10. The second kappa shape index (κ2) is 5.85. The zero-order valence-corrected chi connectivity index (χ0v) is 12.6. The molecule has 1 aliphatic heterocycles. The smallest absolute Gasteiger partial charge is 0.224 e. The topological polar surface area (TPSA) is 59.0 Å². The number of nitrogens with one attached hydrogen (secondary N) is 2. The van der Waals surface area contributed by atoms with Gasteiger partial charge in [0.05, 0.1) is 17.0 Å². The van der Waals surface area contributed by atoms with Crippen molar-refractivity contribution in [3.8, 4) is 0 Å². The quantitative estimate of drug-likeness (QED) is 0.891. The summed E-state index contributed by atoms with van der Waals surface area (Å²) in [5, 5.41) is 6.32. The lowest BCUT2D eigenvalue weighted by atomic mass is 9.97. The van der Waals surface area contributed by atoms with Gasteiger partial charge in [-0.1, -0.05) is 19.1 Å². The molecule has 5 nitrogen and oxygen atoms in total. The number of carbonyl (C=O) groups excluding carboxylic acids is 1. The first-order chi connectivity index (χ1) is 10.2. The lowest BCUT2D eigenvalue weighted by Gasteiger charge is -2.15. The highest BCUT2D eigenvalue weighted by atomic mass is 16.1. The van der Waals surface area contributed by atoms with E-state index in [1.54, 1.807) is 0 Å². The van der Waals surface area contributed by atoms with Crippen LogP contribution in [-0.4, -0.2) is 35.1 Å². The Morgan fingerprint density at radius 2 is 2.24 bits per heavy atom. The Morgan fingerprint density at radius 1 is 1.43 bits per heavy atom. The van der Waals surface area contributed by atoms with Crippen molar-refractivity contribution in [2.24, 2.45) is 11.8 Å². The molecule has 0 aliphatic carbocycles. The van der Waals surface area contributed by atoms with Crippen molar-refractivity contribution in [1.29, 1.82) is 0 Å². The fourth-order valence-corrected chi connectivity index (χ4v) is 3.06. The summed E-state index contributed by atoms with van der Waals surface area (Å²) in [7, 11) is 0. The number of hydrogen-bond donors (Lipinski definition) is 2. The van der Waals surface area contributed by atoms with E-state index in [2.05, 4.69) is 33.2 Å². The van der Waals surface area contributed by atoms with Gasteiger partial charge in [0.15, 0.2) is 0 Å². The molecule has 3 rings (SSSR count). The summed E-state index contributed by atoms with van der Waals surface area (Å²) in [6.07, 6.45) is 0. The maximum absolute atomic E-state index is 12.2. The minimum atomic E-state index is 0.102. The number of benzene rings is 1. The van der Waals surface area contributed by atoms with E-state index in [9.17, 15) is 4.79 Å². The Balaban J connectivity index is 1.62. The third kappa shape index (κ3) is 2.78. The molecule has 1 aromatic heterocycles. The molecule has 1 amide bonds. The summed E-state index contributed by atoms with van der Waals surface area (Å²) in [6.45, 7) is 7.25. The molecule has 0 unspecified atom stereocenters. The number of aromatic nitrogens is 2. The van der Waals surface area contributed by atoms with Gasteiger partial charge < -0.3 is 15.2 Å². The first-order valence-electron chi connectivity index (χ1n) is 7.57. The van der Waals surface area contributed by atoms with E-state index in [1.165, 1.54) is 0 Å². The van der Waals surface area contributed by atoms with Gasteiger partial charge in [-0.15, -0.1) is 0 Å². The first kappa shape index (κ1) is 14.1. The van der Waals surface area contributed by atoms with Crippen LogP contribution in [0.25, 0.3) is 11.0 Å². The summed E-state index contributed by atoms with van der Waals surface area (Å²) in [5.74, 6) is 1.67. The van der Waals surface area contributed by atoms with Gasteiger partial charge in [0.1, 0.15) is 5.82 Å². The normalized spacial score (nSPS) is 21.8. The number of carbonyl (C=O) groups is 1. The number of para-hydroxylation sites is 2. The van der Waals surface area contributed by atoms with Gasteiger partial charge in [-0.05, 0) is 31.5 Å². The van der Waals surface area contributed by atoms with Crippen molar-refractivity contribution in [3.05, 3.63) is 30.1 Å². The van der Waals surface area contributed by atoms with Crippen molar-refractivity contribution in [2.45, 2.75) is 20.4 Å². The second-order valence-electron chi connectivity index (χ2n) is 5.83. The van der Waals surface area contributed by atoms with E-state index in [0.29, 0.717) is 12.5 Å². The van der Waals surface area contributed by atoms with Crippen LogP contribution in [0.3, 0.4) is 0 Å². The minimum absolute atomic E-state index is 0.102. The van der Waals surface area contributed by atoms with Crippen molar-refractivity contribution in [3.63, 3.8) is 0 Å². The molecule has 1 saturated heterocycles. The molecule has 1 aromatic carbocycles. The highest BCUT2D eigenvalue weighted by molar-refractivity contribution is 5.79. The minimum Gasteiger partial charge on any atom is -0.354 e. The van der Waals surface area contributed by atoms with E-state index >= 15 is 0 Å². The number of aryl methyl sites for hydroxylation is 1. The number of hydrogen-bond acceptors (Lipinski definition) is 3. The molecule has 0 bridgehead atoms. The largest absolute Gasteiger partial charge is 0.354 e. The summed E-state index contributed by atoms with van der Waals surface area (Å²) in [5.41, 5.74) is 2.13. The van der Waals surface area contributed by atoms with Gasteiger partial charge in [0.2, 0.25) is 5.91 Å². The van der Waals surface area contributed by atoms with E-state index < -0.39 is 0 Å². The molecule has 5 heteroatoms.